The van der Waals surface area contributed by atoms with Crippen LogP contribution in [0, 0.1) is 27.7 Å². The van der Waals surface area contributed by atoms with Crippen molar-refractivity contribution in [3.63, 3.8) is 0 Å². The van der Waals surface area contributed by atoms with Crippen LogP contribution in [0.4, 0.5) is 5.69 Å². The van der Waals surface area contributed by atoms with Crippen LogP contribution in [-0.2, 0) is 4.79 Å². The molecule has 2 aromatic carbocycles. The van der Waals surface area contributed by atoms with Crippen LogP contribution in [0.15, 0.2) is 36.4 Å². The molecule has 21 heavy (non-hydrogen) atoms. The number of rotatable bonds is 4. The van der Waals surface area contributed by atoms with E-state index < -0.39 is 0 Å². The third-order valence-electron chi connectivity index (χ3n) is 3.25. The van der Waals surface area contributed by atoms with Crippen LogP contribution in [0.25, 0.3) is 0 Å². The Morgan fingerprint density at radius 1 is 1.00 bits per heavy atom. The molecule has 0 aliphatic rings. The quantitative estimate of drug-likeness (QED) is 0.923. The molecular weight excluding hydrogens is 262 g/mol. The van der Waals surface area contributed by atoms with Crippen LogP contribution < -0.4 is 10.1 Å². The average Bonchev–Trinajstić information content (AvgIpc) is 2.37. The van der Waals surface area contributed by atoms with Crippen LogP contribution in [-0.4, -0.2) is 12.5 Å². The van der Waals surface area contributed by atoms with Crippen molar-refractivity contribution in [3.05, 3.63) is 58.7 Å². The zero-order valence-corrected chi connectivity index (χ0v) is 13.0. The Morgan fingerprint density at radius 2 is 1.67 bits per heavy atom. The van der Waals surface area contributed by atoms with Gasteiger partial charge in [-0.1, -0.05) is 29.8 Å². The maximum atomic E-state index is 12.0. The topological polar surface area (TPSA) is 38.3 Å². The zero-order chi connectivity index (χ0) is 15.4. The fraction of sp³-hybridized carbons (Fsp3) is 0.278. The minimum Gasteiger partial charge on any atom is -0.483 e. The molecule has 0 spiro atoms. The lowest BCUT2D eigenvalue weighted by atomic mass is 10.1. The molecule has 3 heteroatoms. The van der Waals surface area contributed by atoms with Gasteiger partial charge >= 0.3 is 0 Å². The normalized spacial score (nSPS) is 10.3. The number of benzene rings is 2. The molecule has 0 unspecified atom stereocenters. The molecule has 1 N–H and O–H groups in total. The number of nitrogens with one attached hydrogen (secondary N) is 1. The highest BCUT2D eigenvalue weighted by Gasteiger charge is 2.08. The summed E-state index contributed by atoms with van der Waals surface area (Å²) in [6, 6.07) is 11.8. The van der Waals surface area contributed by atoms with Crippen molar-refractivity contribution in [2.24, 2.45) is 0 Å². The predicted octanol–water partition coefficient (Wildman–Crippen LogP) is 3.94. The van der Waals surface area contributed by atoms with E-state index in [0.29, 0.717) is 0 Å². The Kier molecular flexibility index (Phi) is 4.63. The van der Waals surface area contributed by atoms with Crippen molar-refractivity contribution in [2.75, 3.05) is 11.9 Å². The van der Waals surface area contributed by atoms with E-state index in [1.54, 1.807) is 0 Å². The van der Waals surface area contributed by atoms with Gasteiger partial charge < -0.3 is 10.1 Å². The van der Waals surface area contributed by atoms with Crippen molar-refractivity contribution in [1.82, 2.24) is 0 Å². The summed E-state index contributed by atoms with van der Waals surface area (Å²) in [5.41, 5.74) is 5.20. The van der Waals surface area contributed by atoms with Gasteiger partial charge in [0.15, 0.2) is 6.61 Å². The summed E-state index contributed by atoms with van der Waals surface area (Å²) < 4.78 is 5.67. The summed E-state index contributed by atoms with van der Waals surface area (Å²) >= 11 is 0. The van der Waals surface area contributed by atoms with Gasteiger partial charge in [0, 0.05) is 5.69 Å². The molecule has 0 aliphatic heterocycles. The maximum absolute atomic E-state index is 12.0. The van der Waals surface area contributed by atoms with Crippen molar-refractivity contribution in [2.45, 2.75) is 27.7 Å². The number of carbonyl (C=O) groups excluding carboxylic acids is 1. The van der Waals surface area contributed by atoms with E-state index in [1.807, 2.05) is 52.0 Å². The van der Waals surface area contributed by atoms with Gasteiger partial charge in [0.05, 0.1) is 0 Å². The van der Waals surface area contributed by atoms with E-state index in [4.69, 9.17) is 4.74 Å². The fourth-order valence-electron chi connectivity index (χ4n) is 2.45. The number of hydrogen-bond acceptors (Lipinski definition) is 2. The number of aryl methyl sites for hydroxylation is 4. The largest absolute Gasteiger partial charge is 0.483 e. The fourth-order valence-corrected chi connectivity index (χ4v) is 2.45. The van der Waals surface area contributed by atoms with Gasteiger partial charge in [0.2, 0.25) is 0 Å². The molecule has 0 bridgehead atoms. The number of anilines is 1. The molecule has 0 fully saturated rings. The first kappa shape index (κ1) is 15.1. The Hall–Kier alpha value is -2.29. The first-order valence-electron chi connectivity index (χ1n) is 7.03. The van der Waals surface area contributed by atoms with E-state index in [0.717, 1.165) is 28.1 Å². The summed E-state index contributed by atoms with van der Waals surface area (Å²) in [5.74, 6) is 0.639. The molecule has 0 saturated carbocycles. The molecule has 3 nitrogen and oxygen atoms in total. The molecule has 0 radical (unpaired) electrons. The van der Waals surface area contributed by atoms with Gasteiger partial charge in [0.1, 0.15) is 5.75 Å². The Labute approximate surface area is 126 Å². The minimum atomic E-state index is -0.153. The van der Waals surface area contributed by atoms with Crippen molar-refractivity contribution < 1.29 is 9.53 Å². The smallest absolute Gasteiger partial charge is 0.262 e. The van der Waals surface area contributed by atoms with Crippen LogP contribution in [0.3, 0.4) is 0 Å². The zero-order valence-electron chi connectivity index (χ0n) is 13.0. The molecule has 2 rings (SSSR count). The molecule has 0 atom stereocenters. The van der Waals surface area contributed by atoms with Gasteiger partial charge in [-0.3, -0.25) is 4.79 Å². The molecule has 0 aromatic heterocycles. The third kappa shape index (κ3) is 4.09. The lowest BCUT2D eigenvalue weighted by molar-refractivity contribution is -0.118. The van der Waals surface area contributed by atoms with Crippen LogP contribution in [0.5, 0.6) is 5.75 Å². The summed E-state index contributed by atoms with van der Waals surface area (Å²) in [6.45, 7) is 8.04. The van der Waals surface area contributed by atoms with Gasteiger partial charge in [-0.15, -0.1) is 0 Å². The SMILES string of the molecule is Cc1cccc(NC(=O)COc2c(C)cc(C)cc2C)c1. The highest BCUT2D eigenvalue weighted by Crippen LogP contribution is 2.24. The standard InChI is InChI=1S/C18H21NO2/c1-12-6-5-7-16(10-12)19-17(20)11-21-18-14(3)8-13(2)9-15(18)4/h5-10H,11H2,1-4H3,(H,19,20). The van der Waals surface area contributed by atoms with E-state index in [2.05, 4.69) is 17.4 Å². The Balaban J connectivity index is 1.99. The van der Waals surface area contributed by atoms with Gasteiger partial charge in [-0.25, -0.2) is 0 Å². The maximum Gasteiger partial charge on any atom is 0.262 e. The van der Waals surface area contributed by atoms with Crippen LogP contribution in [0.2, 0.25) is 0 Å². The third-order valence-corrected chi connectivity index (χ3v) is 3.25. The monoisotopic (exact) mass is 283 g/mol. The molecule has 0 saturated heterocycles. The van der Waals surface area contributed by atoms with Crippen LogP contribution >= 0.6 is 0 Å². The molecule has 2 aromatic rings. The van der Waals surface area contributed by atoms with Crippen molar-refractivity contribution in [3.8, 4) is 5.75 Å². The lowest BCUT2D eigenvalue weighted by Crippen LogP contribution is -2.20. The molecule has 0 aliphatic carbocycles. The summed E-state index contributed by atoms with van der Waals surface area (Å²) in [7, 11) is 0. The number of amides is 1. The van der Waals surface area contributed by atoms with E-state index in [-0.39, 0.29) is 12.5 Å². The second-order valence-corrected chi connectivity index (χ2v) is 5.43. The second-order valence-electron chi connectivity index (χ2n) is 5.43. The number of hydrogen-bond donors (Lipinski definition) is 1. The lowest BCUT2D eigenvalue weighted by Gasteiger charge is -2.13. The highest BCUT2D eigenvalue weighted by atomic mass is 16.5. The van der Waals surface area contributed by atoms with E-state index >= 15 is 0 Å². The van der Waals surface area contributed by atoms with Gasteiger partial charge in [0.25, 0.3) is 5.91 Å². The van der Waals surface area contributed by atoms with Gasteiger partial charge in [-0.2, -0.15) is 0 Å². The predicted molar refractivity (Wildman–Crippen MR) is 86.0 cm³/mol. The highest BCUT2D eigenvalue weighted by molar-refractivity contribution is 5.91. The number of carbonyl (C=O) groups is 1. The summed E-state index contributed by atoms with van der Waals surface area (Å²) in [5, 5.41) is 2.84. The van der Waals surface area contributed by atoms with Crippen molar-refractivity contribution in [1.29, 1.82) is 0 Å². The average molecular weight is 283 g/mol. The summed E-state index contributed by atoms with van der Waals surface area (Å²) in [6.07, 6.45) is 0. The van der Waals surface area contributed by atoms with Crippen molar-refractivity contribution >= 4 is 11.6 Å². The first-order valence-corrected chi connectivity index (χ1v) is 7.03. The van der Waals surface area contributed by atoms with Gasteiger partial charge in [-0.05, 0) is 56.5 Å². The Bertz CT molecular complexity index is 639. The molecule has 0 heterocycles. The minimum absolute atomic E-state index is 0.0126. The Morgan fingerprint density at radius 3 is 2.29 bits per heavy atom. The van der Waals surface area contributed by atoms with E-state index in [1.165, 1.54) is 5.56 Å². The molecule has 110 valence electrons. The second kappa shape index (κ2) is 6.44. The molecule has 1 amide bonds. The first-order chi connectivity index (χ1) is 9.95. The van der Waals surface area contributed by atoms with Crippen LogP contribution in [0.1, 0.15) is 22.3 Å². The number of ether oxygens (including phenoxy) is 1. The van der Waals surface area contributed by atoms with E-state index in [9.17, 15) is 4.79 Å². The molecular formula is C18H21NO2. The summed E-state index contributed by atoms with van der Waals surface area (Å²) in [4.78, 5) is 12.0.